The van der Waals surface area contributed by atoms with E-state index < -0.39 is 9.84 Å². The topological polar surface area (TPSA) is 81.2 Å². The van der Waals surface area contributed by atoms with Gasteiger partial charge in [0, 0.05) is 12.6 Å². The molecule has 0 radical (unpaired) electrons. The van der Waals surface area contributed by atoms with Gasteiger partial charge in [-0.3, -0.25) is 0 Å². The zero-order chi connectivity index (χ0) is 13.9. The Morgan fingerprint density at radius 1 is 1.47 bits per heavy atom. The molecule has 1 aliphatic heterocycles. The second-order valence-electron chi connectivity index (χ2n) is 4.72. The maximum Gasteiger partial charge on any atom is 0.218 e. The summed E-state index contributed by atoms with van der Waals surface area (Å²) in [4.78, 5) is 8.42. The average Bonchev–Trinajstić information content (AvgIpc) is 2.66. The molecule has 1 saturated heterocycles. The van der Waals surface area contributed by atoms with Crippen LogP contribution >= 0.6 is 0 Å². The van der Waals surface area contributed by atoms with Gasteiger partial charge < -0.3 is 10.1 Å². The molecule has 1 aliphatic rings. The second-order valence-corrected chi connectivity index (χ2v) is 6.95. The van der Waals surface area contributed by atoms with Gasteiger partial charge in [-0.2, -0.15) is 4.98 Å². The lowest BCUT2D eigenvalue weighted by Crippen LogP contribution is -2.16. The largest absolute Gasteiger partial charge is 0.478 e. The van der Waals surface area contributed by atoms with Gasteiger partial charge in [-0.15, -0.1) is 0 Å². The first kappa shape index (κ1) is 14.0. The van der Waals surface area contributed by atoms with Crippen molar-refractivity contribution in [2.45, 2.75) is 20.3 Å². The lowest BCUT2D eigenvalue weighted by atomic mass is 10.1. The molecule has 106 valence electrons. The summed E-state index contributed by atoms with van der Waals surface area (Å²) in [6.45, 7) is 4.86. The van der Waals surface area contributed by atoms with Crippen LogP contribution in [-0.4, -0.2) is 43.0 Å². The van der Waals surface area contributed by atoms with Gasteiger partial charge in [-0.1, -0.05) is 0 Å². The van der Waals surface area contributed by atoms with Crippen LogP contribution in [0.3, 0.4) is 0 Å². The smallest absolute Gasteiger partial charge is 0.218 e. The fraction of sp³-hybridized carbons (Fsp3) is 0.667. The van der Waals surface area contributed by atoms with Gasteiger partial charge in [0.25, 0.3) is 0 Å². The molecule has 0 spiro atoms. The first-order chi connectivity index (χ1) is 8.98. The van der Waals surface area contributed by atoms with E-state index in [2.05, 4.69) is 15.3 Å². The minimum Gasteiger partial charge on any atom is -0.478 e. The van der Waals surface area contributed by atoms with Crippen LogP contribution in [0.1, 0.15) is 19.2 Å². The average molecular weight is 285 g/mol. The Bertz CT molecular complexity index is 545. The molecule has 1 fully saturated rings. The van der Waals surface area contributed by atoms with Gasteiger partial charge in [-0.25, -0.2) is 13.4 Å². The number of ether oxygens (including phenoxy) is 1. The zero-order valence-corrected chi connectivity index (χ0v) is 12.0. The molecule has 6 nitrogen and oxygen atoms in total. The number of rotatable bonds is 5. The van der Waals surface area contributed by atoms with Gasteiger partial charge in [0.15, 0.2) is 9.84 Å². The SMILES string of the molecule is CCOc1cc(NCC2CCS(=O)(=O)C2)nc(C)n1. The molecule has 7 heteroatoms. The zero-order valence-electron chi connectivity index (χ0n) is 11.2. The fourth-order valence-corrected chi connectivity index (χ4v) is 4.00. The molecular formula is C12H19N3O3S. The van der Waals surface area contributed by atoms with Crippen molar-refractivity contribution in [2.75, 3.05) is 30.0 Å². The summed E-state index contributed by atoms with van der Waals surface area (Å²) in [5, 5.41) is 3.17. The van der Waals surface area contributed by atoms with Gasteiger partial charge in [0.05, 0.1) is 18.1 Å². The first-order valence-corrected chi connectivity index (χ1v) is 8.23. The van der Waals surface area contributed by atoms with E-state index in [-0.39, 0.29) is 11.7 Å². The van der Waals surface area contributed by atoms with Crippen molar-refractivity contribution in [3.05, 3.63) is 11.9 Å². The van der Waals surface area contributed by atoms with Crippen molar-refractivity contribution in [3.8, 4) is 5.88 Å². The van der Waals surface area contributed by atoms with E-state index in [0.717, 1.165) is 6.42 Å². The van der Waals surface area contributed by atoms with E-state index in [9.17, 15) is 8.42 Å². The predicted molar refractivity (Wildman–Crippen MR) is 73.2 cm³/mol. The number of sulfone groups is 1. The monoisotopic (exact) mass is 285 g/mol. The summed E-state index contributed by atoms with van der Waals surface area (Å²) in [5.74, 6) is 2.58. The summed E-state index contributed by atoms with van der Waals surface area (Å²) in [5.41, 5.74) is 0. The van der Waals surface area contributed by atoms with Crippen LogP contribution in [0.15, 0.2) is 6.07 Å². The van der Waals surface area contributed by atoms with Crippen molar-refractivity contribution < 1.29 is 13.2 Å². The molecule has 19 heavy (non-hydrogen) atoms. The standard InChI is InChI=1S/C12H19N3O3S/c1-3-18-12-6-11(14-9(2)15-12)13-7-10-4-5-19(16,17)8-10/h6,10H,3-5,7-8H2,1-2H3,(H,13,14,15). The van der Waals surface area contributed by atoms with Crippen LogP contribution in [-0.2, 0) is 9.84 Å². The minimum absolute atomic E-state index is 0.163. The maximum atomic E-state index is 11.4. The highest BCUT2D eigenvalue weighted by molar-refractivity contribution is 7.91. The van der Waals surface area contributed by atoms with Crippen molar-refractivity contribution in [1.29, 1.82) is 0 Å². The summed E-state index contributed by atoms with van der Waals surface area (Å²) >= 11 is 0. The molecule has 1 atom stereocenters. The van der Waals surface area contributed by atoms with E-state index in [0.29, 0.717) is 36.4 Å². The normalized spacial score (nSPS) is 21.3. The molecule has 0 saturated carbocycles. The van der Waals surface area contributed by atoms with E-state index >= 15 is 0 Å². The maximum absolute atomic E-state index is 11.4. The Morgan fingerprint density at radius 2 is 2.26 bits per heavy atom. The number of hydrogen-bond acceptors (Lipinski definition) is 6. The molecule has 2 rings (SSSR count). The molecule has 0 aromatic carbocycles. The number of nitrogens with zero attached hydrogens (tertiary/aromatic N) is 2. The number of hydrogen-bond donors (Lipinski definition) is 1. The fourth-order valence-electron chi connectivity index (χ4n) is 2.13. The van der Waals surface area contributed by atoms with Crippen LogP contribution in [0, 0.1) is 12.8 Å². The molecule has 1 aromatic heterocycles. The van der Waals surface area contributed by atoms with E-state index in [4.69, 9.17) is 4.74 Å². The van der Waals surface area contributed by atoms with Crippen molar-refractivity contribution in [1.82, 2.24) is 9.97 Å². The van der Waals surface area contributed by atoms with E-state index in [1.54, 1.807) is 13.0 Å². The molecule has 0 amide bonds. The van der Waals surface area contributed by atoms with Crippen LogP contribution in [0.25, 0.3) is 0 Å². The Morgan fingerprint density at radius 3 is 2.89 bits per heavy atom. The highest BCUT2D eigenvalue weighted by Gasteiger charge is 2.27. The predicted octanol–water partition coefficient (Wildman–Crippen LogP) is 1.03. The Kier molecular flexibility index (Phi) is 4.24. The first-order valence-electron chi connectivity index (χ1n) is 6.41. The molecule has 0 aliphatic carbocycles. The molecule has 0 bridgehead atoms. The quantitative estimate of drug-likeness (QED) is 0.870. The Balaban J connectivity index is 1.96. The number of aromatic nitrogens is 2. The molecule has 2 heterocycles. The van der Waals surface area contributed by atoms with Gasteiger partial charge in [-0.05, 0) is 26.2 Å². The highest BCUT2D eigenvalue weighted by Crippen LogP contribution is 2.20. The minimum atomic E-state index is -2.82. The summed E-state index contributed by atoms with van der Waals surface area (Å²) < 4.78 is 28.1. The third-order valence-electron chi connectivity index (χ3n) is 3.01. The third-order valence-corrected chi connectivity index (χ3v) is 4.84. The lowest BCUT2D eigenvalue weighted by molar-refractivity contribution is 0.325. The molecular weight excluding hydrogens is 266 g/mol. The van der Waals surface area contributed by atoms with Gasteiger partial charge in [0.2, 0.25) is 5.88 Å². The van der Waals surface area contributed by atoms with Crippen molar-refractivity contribution in [2.24, 2.45) is 5.92 Å². The van der Waals surface area contributed by atoms with Gasteiger partial charge >= 0.3 is 0 Å². The molecule has 1 aromatic rings. The van der Waals surface area contributed by atoms with Crippen LogP contribution in [0.5, 0.6) is 5.88 Å². The number of aryl methyl sites for hydroxylation is 1. The number of anilines is 1. The lowest BCUT2D eigenvalue weighted by Gasteiger charge is -2.11. The van der Waals surface area contributed by atoms with Gasteiger partial charge in [0.1, 0.15) is 11.6 Å². The van der Waals surface area contributed by atoms with Crippen molar-refractivity contribution >= 4 is 15.7 Å². The molecule has 1 N–H and O–H groups in total. The number of nitrogens with one attached hydrogen (secondary N) is 1. The van der Waals surface area contributed by atoms with Crippen molar-refractivity contribution in [3.63, 3.8) is 0 Å². The van der Waals surface area contributed by atoms with Crippen LogP contribution in [0.4, 0.5) is 5.82 Å². The van der Waals surface area contributed by atoms with Crippen LogP contribution in [0.2, 0.25) is 0 Å². The highest BCUT2D eigenvalue weighted by atomic mass is 32.2. The molecule has 1 unspecified atom stereocenters. The Labute approximate surface area is 113 Å². The Hall–Kier alpha value is -1.37. The van der Waals surface area contributed by atoms with Crippen LogP contribution < -0.4 is 10.1 Å². The summed E-state index contributed by atoms with van der Waals surface area (Å²) in [6.07, 6.45) is 0.720. The summed E-state index contributed by atoms with van der Waals surface area (Å²) in [7, 11) is -2.82. The summed E-state index contributed by atoms with van der Waals surface area (Å²) in [6, 6.07) is 1.74. The van der Waals surface area contributed by atoms with E-state index in [1.165, 1.54) is 0 Å². The van der Waals surface area contributed by atoms with E-state index in [1.807, 2.05) is 6.92 Å². The third kappa shape index (κ3) is 4.05. The second kappa shape index (κ2) is 5.73.